The van der Waals surface area contributed by atoms with Crippen LogP contribution in [0.5, 0.6) is 5.88 Å². The van der Waals surface area contributed by atoms with Crippen molar-refractivity contribution in [1.29, 1.82) is 0 Å². The van der Waals surface area contributed by atoms with Crippen molar-refractivity contribution in [3.8, 4) is 5.88 Å². The lowest BCUT2D eigenvalue weighted by Gasteiger charge is -2.32. The van der Waals surface area contributed by atoms with E-state index >= 15 is 0 Å². The van der Waals surface area contributed by atoms with Gasteiger partial charge in [-0.15, -0.1) is 0 Å². The number of halogens is 1. The maximum Gasteiger partial charge on any atom is 0.253 e. The van der Waals surface area contributed by atoms with Crippen LogP contribution >= 0.6 is 0 Å². The summed E-state index contributed by atoms with van der Waals surface area (Å²) in [5, 5.41) is 0. The summed E-state index contributed by atoms with van der Waals surface area (Å²) in [5.74, 6) is 0.526. The summed E-state index contributed by atoms with van der Waals surface area (Å²) in [6.45, 7) is 3.86. The second-order valence-corrected chi connectivity index (χ2v) is 6.19. The number of piperidine rings is 1. The van der Waals surface area contributed by atoms with E-state index in [0.717, 1.165) is 25.1 Å². The third kappa shape index (κ3) is 4.10. The van der Waals surface area contributed by atoms with Crippen molar-refractivity contribution in [3.05, 3.63) is 59.5 Å². The molecule has 0 saturated carbocycles. The van der Waals surface area contributed by atoms with Crippen LogP contribution in [-0.4, -0.2) is 35.5 Å². The number of nitrogens with zero attached hydrogens (tertiary/aromatic N) is 2. The van der Waals surface area contributed by atoms with Crippen LogP contribution < -0.4 is 4.74 Å². The highest BCUT2D eigenvalue weighted by Gasteiger charge is 2.25. The summed E-state index contributed by atoms with van der Waals surface area (Å²) < 4.78 is 18.8. The normalized spacial score (nSPS) is 17.6. The minimum Gasteiger partial charge on any atom is -0.477 e. The molecule has 1 atom stereocenters. The Morgan fingerprint density at radius 1 is 1.29 bits per heavy atom. The molecule has 1 saturated heterocycles. The number of rotatable bonds is 4. The summed E-state index contributed by atoms with van der Waals surface area (Å²) in [5.41, 5.74) is 1.45. The monoisotopic (exact) mass is 328 g/mol. The van der Waals surface area contributed by atoms with Crippen LogP contribution in [0.25, 0.3) is 0 Å². The van der Waals surface area contributed by atoms with E-state index in [1.165, 1.54) is 24.3 Å². The molecular weight excluding hydrogens is 307 g/mol. The second-order valence-electron chi connectivity index (χ2n) is 6.19. The van der Waals surface area contributed by atoms with Crippen molar-refractivity contribution in [3.63, 3.8) is 0 Å². The zero-order valence-corrected chi connectivity index (χ0v) is 13.7. The zero-order chi connectivity index (χ0) is 16.9. The Balaban J connectivity index is 1.57. The lowest BCUT2D eigenvalue weighted by molar-refractivity contribution is 0.0631. The van der Waals surface area contributed by atoms with E-state index in [-0.39, 0.29) is 17.6 Å². The summed E-state index contributed by atoms with van der Waals surface area (Å²) in [6, 6.07) is 11.4. The Labute approximate surface area is 141 Å². The van der Waals surface area contributed by atoms with Crippen molar-refractivity contribution in [2.75, 3.05) is 19.7 Å². The number of ether oxygens (including phenoxy) is 1. The fourth-order valence-corrected chi connectivity index (χ4v) is 2.96. The zero-order valence-electron chi connectivity index (χ0n) is 13.7. The van der Waals surface area contributed by atoms with Gasteiger partial charge in [0.2, 0.25) is 5.88 Å². The Hall–Kier alpha value is -2.43. The molecule has 0 radical (unpaired) electrons. The Bertz CT molecular complexity index is 703. The maximum atomic E-state index is 13.0. The van der Waals surface area contributed by atoms with Gasteiger partial charge in [0.15, 0.2) is 0 Å². The number of carbonyl (C=O) groups excluding carboxylic acids is 1. The van der Waals surface area contributed by atoms with Crippen LogP contribution in [0.4, 0.5) is 4.39 Å². The summed E-state index contributed by atoms with van der Waals surface area (Å²) in [7, 11) is 0. The summed E-state index contributed by atoms with van der Waals surface area (Å²) >= 11 is 0. The first-order valence-electron chi connectivity index (χ1n) is 8.23. The van der Waals surface area contributed by atoms with Gasteiger partial charge in [0.25, 0.3) is 5.91 Å². The van der Waals surface area contributed by atoms with Crippen LogP contribution in [0.15, 0.2) is 42.5 Å². The molecule has 0 N–H and O–H groups in total. The van der Waals surface area contributed by atoms with Gasteiger partial charge in [-0.05, 0) is 50.1 Å². The molecule has 4 nitrogen and oxygen atoms in total. The van der Waals surface area contributed by atoms with Gasteiger partial charge in [0, 0.05) is 36.3 Å². The molecule has 5 heteroatoms. The lowest BCUT2D eigenvalue weighted by Crippen LogP contribution is -2.41. The highest BCUT2D eigenvalue weighted by molar-refractivity contribution is 5.94. The first-order chi connectivity index (χ1) is 11.6. The molecule has 3 rings (SSSR count). The highest BCUT2D eigenvalue weighted by Crippen LogP contribution is 2.20. The predicted molar refractivity (Wildman–Crippen MR) is 89.5 cm³/mol. The fraction of sp³-hybridized carbons (Fsp3) is 0.368. The Morgan fingerprint density at radius 2 is 2.08 bits per heavy atom. The van der Waals surface area contributed by atoms with Crippen LogP contribution in [0.2, 0.25) is 0 Å². The SMILES string of the molecule is Cc1cccc(OCC2CCCN(C(=O)c3ccc(F)cc3)C2)n1. The van der Waals surface area contributed by atoms with E-state index in [2.05, 4.69) is 4.98 Å². The molecule has 0 bridgehead atoms. The van der Waals surface area contributed by atoms with Crippen LogP contribution in [0, 0.1) is 18.7 Å². The average molecular weight is 328 g/mol. The third-order valence-electron chi connectivity index (χ3n) is 4.23. The van der Waals surface area contributed by atoms with E-state index in [0.29, 0.717) is 24.6 Å². The summed E-state index contributed by atoms with van der Waals surface area (Å²) in [4.78, 5) is 18.7. The quantitative estimate of drug-likeness (QED) is 0.863. The number of carbonyl (C=O) groups is 1. The molecule has 1 unspecified atom stereocenters. The molecule has 1 fully saturated rings. The summed E-state index contributed by atoms with van der Waals surface area (Å²) in [6.07, 6.45) is 1.97. The number of pyridine rings is 1. The topological polar surface area (TPSA) is 42.4 Å². The molecule has 1 aromatic heterocycles. The van der Waals surface area contributed by atoms with Crippen LogP contribution in [-0.2, 0) is 0 Å². The maximum absolute atomic E-state index is 13.0. The number of amides is 1. The van der Waals surface area contributed by atoms with Gasteiger partial charge in [0.1, 0.15) is 5.82 Å². The fourth-order valence-electron chi connectivity index (χ4n) is 2.96. The predicted octanol–water partition coefficient (Wildman–Crippen LogP) is 3.46. The van der Waals surface area contributed by atoms with Gasteiger partial charge < -0.3 is 9.64 Å². The molecule has 0 spiro atoms. The minimum atomic E-state index is -0.331. The van der Waals surface area contributed by atoms with E-state index in [1.807, 2.05) is 30.0 Å². The van der Waals surface area contributed by atoms with Crippen molar-refractivity contribution in [2.45, 2.75) is 19.8 Å². The van der Waals surface area contributed by atoms with E-state index in [1.54, 1.807) is 0 Å². The lowest BCUT2D eigenvalue weighted by atomic mass is 9.98. The van der Waals surface area contributed by atoms with Crippen LogP contribution in [0.1, 0.15) is 28.9 Å². The molecule has 24 heavy (non-hydrogen) atoms. The highest BCUT2D eigenvalue weighted by atomic mass is 19.1. The molecule has 0 aliphatic carbocycles. The number of hydrogen-bond acceptors (Lipinski definition) is 3. The number of benzene rings is 1. The van der Waals surface area contributed by atoms with Gasteiger partial charge in [0.05, 0.1) is 6.61 Å². The number of aromatic nitrogens is 1. The number of hydrogen-bond donors (Lipinski definition) is 0. The Morgan fingerprint density at radius 3 is 2.83 bits per heavy atom. The van der Waals surface area contributed by atoms with Crippen molar-refractivity contribution in [2.24, 2.45) is 5.92 Å². The van der Waals surface area contributed by atoms with Gasteiger partial charge in [-0.25, -0.2) is 9.37 Å². The van der Waals surface area contributed by atoms with Crippen LogP contribution in [0.3, 0.4) is 0 Å². The van der Waals surface area contributed by atoms with E-state index in [9.17, 15) is 9.18 Å². The molecule has 126 valence electrons. The van der Waals surface area contributed by atoms with Gasteiger partial charge in [-0.2, -0.15) is 0 Å². The first kappa shape index (κ1) is 16.4. The first-order valence-corrected chi connectivity index (χ1v) is 8.23. The minimum absolute atomic E-state index is 0.0478. The molecule has 2 heterocycles. The molecule has 1 amide bonds. The average Bonchev–Trinajstić information content (AvgIpc) is 2.60. The van der Waals surface area contributed by atoms with E-state index in [4.69, 9.17) is 4.74 Å². The third-order valence-corrected chi connectivity index (χ3v) is 4.23. The van der Waals surface area contributed by atoms with E-state index < -0.39 is 0 Å². The van der Waals surface area contributed by atoms with Crippen molar-refractivity contribution >= 4 is 5.91 Å². The second kappa shape index (κ2) is 7.43. The van der Waals surface area contributed by atoms with Gasteiger partial charge >= 0.3 is 0 Å². The standard InChI is InChI=1S/C19H21FN2O2/c1-14-4-2-6-18(21-14)24-13-15-5-3-11-22(12-15)19(23)16-7-9-17(20)10-8-16/h2,4,6-10,15H,3,5,11-13H2,1H3. The number of aryl methyl sites for hydroxylation is 1. The van der Waals surface area contributed by atoms with Gasteiger partial charge in [-0.3, -0.25) is 4.79 Å². The molecule has 2 aromatic rings. The molecular formula is C19H21FN2O2. The Kier molecular flexibility index (Phi) is 5.08. The molecule has 1 aliphatic rings. The number of likely N-dealkylation sites (tertiary alicyclic amines) is 1. The van der Waals surface area contributed by atoms with Gasteiger partial charge in [-0.1, -0.05) is 6.07 Å². The molecule has 1 aliphatic heterocycles. The molecule has 1 aromatic carbocycles. The van der Waals surface area contributed by atoms with Crippen molar-refractivity contribution in [1.82, 2.24) is 9.88 Å². The smallest absolute Gasteiger partial charge is 0.253 e. The van der Waals surface area contributed by atoms with Crippen molar-refractivity contribution < 1.29 is 13.9 Å². The largest absolute Gasteiger partial charge is 0.477 e.